The van der Waals surface area contributed by atoms with Gasteiger partial charge in [-0.25, -0.2) is 0 Å². The first-order chi connectivity index (χ1) is 14.2. The monoisotopic (exact) mass is 512 g/mol. The fourth-order valence-corrected chi connectivity index (χ4v) is 4.92. The van der Waals surface area contributed by atoms with Crippen molar-refractivity contribution in [1.29, 1.82) is 0 Å². The Balaban J connectivity index is 1.93. The van der Waals surface area contributed by atoms with Crippen LogP contribution in [-0.2, 0) is 12.8 Å². The number of aromatic nitrogens is 1. The topological polar surface area (TPSA) is 33.2 Å². The lowest BCUT2D eigenvalue weighted by atomic mass is 9.91. The van der Waals surface area contributed by atoms with E-state index in [-0.39, 0.29) is 5.91 Å². The summed E-state index contributed by atoms with van der Waals surface area (Å²) in [5.41, 5.74) is 10.3. The highest BCUT2D eigenvalue weighted by atomic mass is 127. The number of benzene rings is 2. The van der Waals surface area contributed by atoms with E-state index in [1.165, 1.54) is 31.4 Å². The van der Waals surface area contributed by atoms with Gasteiger partial charge in [-0.1, -0.05) is 24.3 Å². The van der Waals surface area contributed by atoms with Crippen molar-refractivity contribution in [2.45, 2.75) is 47.5 Å². The molecule has 0 aliphatic rings. The number of carbonyl (C=O) groups excluding carboxylic acids is 1. The predicted molar refractivity (Wildman–Crippen MR) is 134 cm³/mol. The van der Waals surface area contributed by atoms with Gasteiger partial charge >= 0.3 is 0 Å². The molecule has 2 aromatic carbocycles. The molecule has 0 bridgehead atoms. The number of pyridine rings is 1. The van der Waals surface area contributed by atoms with Crippen molar-refractivity contribution in [3.63, 3.8) is 0 Å². The quantitative estimate of drug-likeness (QED) is 0.377. The van der Waals surface area contributed by atoms with Crippen LogP contribution in [-0.4, -0.2) is 17.9 Å². The molecule has 0 aliphatic carbocycles. The fourth-order valence-electron chi connectivity index (χ4n) is 3.84. The molecule has 0 saturated heterocycles. The van der Waals surface area contributed by atoms with Crippen LogP contribution in [0.3, 0.4) is 0 Å². The van der Waals surface area contributed by atoms with E-state index in [4.69, 9.17) is 0 Å². The number of rotatable bonds is 5. The van der Waals surface area contributed by atoms with Crippen molar-refractivity contribution in [3.8, 4) is 0 Å². The third-order valence-electron chi connectivity index (χ3n) is 6.13. The molecule has 4 heteroatoms. The molecule has 0 unspecified atom stereocenters. The second-order valence-corrected chi connectivity index (χ2v) is 9.09. The Labute approximate surface area is 193 Å². The maximum Gasteiger partial charge on any atom is 0.276 e. The first-order valence-electron chi connectivity index (χ1n) is 10.3. The molecule has 3 aromatic rings. The molecule has 156 valence electrons. The lowest BCUT2D eigenvalue weighted by molar-refractivity contribution is 0.0987. The van der Waals surface area contributed by atoms with Gasteiger partial charge in [0.2, 0.25) is 0 Å². The third kappa shape index (κ3) is 4.43. The maximum absolute atomic E-state index is 13.2. The molecule has 30 heavy (non-hydrogen) atoms. The summed E-state index contributed by atoms with van der Waals surface area (Å²) in [7, 11) is 1.81. The minimum absolute atomic E-state index is 0.0705. The van der Waals surface area contributed by atoms with Gasteiger partial charge < -0.3 is 4.90 Å². The van der Waals surface area contributed by atoms with Gasteiger partial charge in [-0.2, -0.15) is 0 Å². The molecule has 0 fully saturated rings. The number of carbonyl (C=O) groups is 1. The van der Waals surface area contributed by atoms with E-state index in [2.05, 4.69) is 61.3 Å². The maximum atomic E-state index is 13.2. The van der Waals surface area contributed by atoms with Gasteiger partial charge in [0.25, 0.3) is 5.91 Å². The van der Waals surface area contributed by atoms with Crippen LogP contribution in [0.4, 0.5) is 5.69 Å². The number of halogens is 1. The SMILES string of the molecule is Cc1cnc(C(=O)N(C)c2ccccc2)c(CCc2c(C)c(C)c(C)c(C)c2I)c1. The number of anilines is 1. The average Bonchev–Trinajstić information content (AvgIpc) is 2.76. The van der Waals surface area contributed by atoms with Crippen molar-refractivity contribution in [1.82, 2.24) is 4.98 Å². The number of para-hydroxylation sites is 1. The summed E-state index contributed by atoms with van der Waals surface area (Å²) >= 11 is 2.47. The van der Waals surface area contributed by atoms with Gasteiger partial charge in [-0.05, 0) is 121 Å². The van der Waals surface area contributed by atoms with Crippen LogP contribution >= 0.6 is 22.6 Å². The molecule has 0 N–H and O–H groups in total. The molecular formula is C26H29IN2O. The summed E-state index contributed by atoms with van der Waals surface area (Å²) in [6.07, 6.45) is 3.47. The molecule has 1 amide bonds. The zero-order valence-electron chi connectivity index (χ0n) is 18.6. The van der Waals surface area contributed by atoms with E-state index in [1.807, 2.05) is 44.3 Å². The highest BCUT2D eigenvalue weighted by molar-refractivity contribution is 14.1. The van der Waals surface area contributed by atoms with Gasteiger partial charge in [0.15, 0.2) is 0 Å². The van der Waals surface area contributed by atoms with E-state index in [0.717, 1.165) is 29.7 Å². The molecule has 0 atom stereocenters. The zero-order chi connectivity index (χ0) is 22.0. The normalized spacial score (nSPS) is 10.9. The van der Waals surface area contributed by atoms with Crippen molar-refractivity contribution < 1.29 is 4.79 Å². The first kappa shape index (κ1) is 22.5. The number of amides is 1. The fraction of sp³-hybridized carbons (Fsp3) is 0.308. The zero-order valence-corrected chi connectivity index (χ0v) is 20.8. The van der Waals surface area contributed by atoms with Gasteiger partial charge in [-0.3, -0.25) is 9.78 Å². The van der Waals surface area contributed by atoms with Gasteiger partial charge in [-0.15, -0.1) is 0 Å². The molecule has 1 aromatic heterocycles. The minimum Gasteiger partial charge on any atom is -0.310 e. The van der Waals surface area contributed by atoms with Crippen LogP contribution in [0.5, 0.6) is 0 Å². The number of nitrogens with zero attached hydrogens (tertiary/aromatic N) is 2. The molecule has 0 aliphatic heterocycles. The number of aryl methyl sites for hydroxylation is 2. The molecule has 0 radical (unpaired) electrons. The van der Waals surface area contributed by atoms with E-state index in [1.54, 1.807) is 11.1 Å². The van der Waals surface area contributed by atoms with Gasteiger partial charge in [0, 0.05) is 22.5 Å². The Morgan fingerprint density at radius 1 is 0.933 bits per heavy atom. The number of hydrogen-bond donors (Lipinski definition) is 0. The van der Waals surface area contributed by atoms with Crippen LogP contribution in [0.25, 0.3) is 0 Å². The summed E-state index contributed by atoms with van der Waals surface area (Å²) in [6.45, 7) is 10.8. The summed E-state index contributed by atoms with van der Waals surface area (Å²) in [5.74, 6) is -0.0705. The van der Waals surface area contributed by atoms with Crippen LogP contribution in [0, 0.1) is 38.2 Å². The van der Waals surface area contributed by atoms with E-state index in [9.17, 15) is 4.79 Å². The lowest BCUT2D eigenvalue weighted by Gasteiger charge is -2.20. The highest BCUT2D eigenvalue weighted by Gasteiger charge is 2.20. The summed E-state index contributed by atoms with van der Waals surface area (Å²) in [6, 6.07) is 11.8. The van der Waals surface area contributed by atoms with E-state index >= 15 is 0 Å². The van der Waals surface area contributed by atoms with E-state index < -0.39 is 0 Å². The lowest BCUT2D eigenvalue weighted by Crippen LogP contribution is -2.28. The largest absolute Gasteiger partial charge is 0.310 e. The van der Waals surface area contributed by atoms with Crippen molar-refractivity contribution >= 4 is 34.2 Å². The van der Waals surface area contributed by atoms with Crippen LogP contribution in [0.1, 0.15) is 49.4 Å². The number of hydrogen-bond acceptors (Lipinski definition) is 2. The Morgan fingerprint density at radius 2 is 1.57 bits per heavy atom. The highest BCUT2D eigenvalue weighted by Crippen LogP contribution is 2.29. The predicted octanol–water partition coefficient (Wildman–Crippen LogP) is 6.29. The smallest absolute Gasteiger partial charge is 0.276 e. The van der Waals surface area contributed by atoms with Crippen molar-refractivity contribution in [2.24, 2.45) is 0 Å². The standard InChI is InChI=1S/C26H29IN2O/c1-16-14-21(12-13-23-19(4)17(2)18(3)20(5)24(23)27)25(28-15-16)26(30)29(6)22-10-8-7-9-11-22/h7-11,14-15H,12-13H2,1-6H3. The first-order valence-corrected chi connectivity index (χ1v) is 11.3. The molecular weight excluding hydrogens is 483 g/mol. The Bertz CT molecular complexity index is 1060. The van der Waals surface area contributed by atoms with Crippen LogP contribution in [0.15, 0.2) is 42.6 Å². The molecule has 0 spiro atoms. The summed E-state index contributed by atoms with van der Waals surface area (Å²) in [4.78, 5) is 19.5. The Morgan fingerprint density at radius 3 is 2.23 bits per heavy atom. The second-order valence-electron chi connectivity index (χ2n) is 8.01. The molecule has 3 rings (SSSR count). The molecule has 0 saturated carbocycles. The Kier molecular flexibility index (Phi) is 6.96. The summed E-state index contributed by atoms with van der Waals surface area (Å²) < 4.78 is 1.34. The minimum atomic E-state index is -0.0705. The van der Waals surface area contributed by atoms with Crippen LogP contribution < -0.4 is 4.90 Å². The van der Waals surface area contributed by atoms with Crippen molar-refractivity contribution in [3.05, 3.63) is 90.8 Å². The second kappa shape index (κ2) is 9.29. The van der Waals surface area contributed by atoms with Crippen molar-refractivity contribution in [2.75, 3.05) is 11.9 Å². The van der Waals surface area contributed by atoms with Gasteiger partial charge in [0.05, 0.1) is 0 Å². The van der Waals surface area contributed by atoms with Gasteiger partial charge in [0.1, 0.15) is 5.69 Å². The average molecular weight is 512 g/mol. The van der Waals surface area contributed by atoms with E-state index in [0.29, 0.717) is 5.69 Å². The van der Waals surface area contributed by atoms with Crippen LogP contribution in [0.2, 0.25) is 0 Å². The summed E-state index contributed by atoms with van der Waals surface area (Å²) in [5, 5.41) is 0. The third-order valence-corrected chi connectivity index (χ3v) is 7.59. The Hall–Kier alpha value is -2.21. The molecule has 1 heterocycles. The molecule has 3 nitrogen and oxygen atoms in total.